The number of carbonyl (C=O) groups is 1. The zero-order valence-corrected chi connectivity index (χ0v) is 8.67. The maximum Gasteiger partial charge on any atom is 0.222 e. The molecular formula is C10H19NO2. The number of carbonyl (C=O) groups excluding carboxylic acids is 1. The van der Waals surface area contributed by atoms with Crippen molar-refractivity contribution in [3.63, 3.8) is 0 Å². The highest BCUT2D eigenvalue weighted by atomic mass is 16.5. The Bertz CT molecular complexity index is 174. The minimum atomic E-state index is 0.0739. The summed E-state index contributed by atoms with van der Waals surface area (Å²) < 4.78 is 5.27. The molecule has 13 heavy (non-hydrogen) atoms. The van der Waals surface area contributed by atoms with E-state index in [-0.39, 0.29) is 17.9 Å². The van der Waals surface area contributed by atoms with Gasteiger partial charge >= 0.3 is 0 Å². The second kappa shape index (κ2) is 4.61. The first kappa shape index (κ1) is 10.5. The number of hydrogen-bond acceptors (Lipinski definition) is 2. The van der Waals surface area contributed by atoms with Crippen LogP contribution in [0.15, 0.2) is 0 Å². The van der Waals surface area contributed by atoms with Gasteiger partial charge in [-0.05, 0) is 13.3 Å². The molecule has 1 aliphatic heterocycles. The van der Waals surface area contributed by atoms with Gasteiger partial charge in [-0.3, -0.25) is 4.79 Å². The average molecular weight is 185 g/mol. The molecule has 0 unspecified atom stereocenters. The lowest BCUT2D eigenvalue weighted by molar-refractivity contribution is -0.124. The van der Waals surface area contributed by atoms with Gasteiger partial charge in [-0.2, -0.15) is 0 Å². The molecule has 0 aromatic carbocycles. The highest BCUT2D eigenvalue weighted by Crippen LogP contribution is 2.16. The van der Waals surface area contributed by atoms with Crippen LogP contribution in [0.5, 0.6) is 0 Å². The first-order valence-corrected chi connectivity index (χ1v) is 4.99. The van der Waals surface area contributed by atoms with E-state index in [0.29, 0.717) is 5.92 Å². The van der Waals surface area contributed by atoms with E-state index in [9.17, 15) is 4.79 Å². The van der Waals surface area contributed by atoms with Gasteiger partial charge in [0.05, 0.1) is 6.61 Å². The maximum atomic E-state index is 11.4. The summed E-state index contributed by atoms with van der Waals surface area (Å²) in [4.78, 5) is 11.4. The van der Waals surface area contributed by atoms with E-state index in [1.54, 1.807) is 0 Å². The van der Waals surface area contributed by atoms with Gasteiger partial charge in [-0.1, -0.05) is 13.8 Å². The number of ether oxygens (including phenoxy) is 1. The molecule has 76 valence electrons. The van der Waals surface area contributed by atoms with E-state index in [0.717, 1.165) is 19.6 Å². The molecule has 1 N–H and O–H groups in total. The summed E-state index contributed by atoms with van der Waals surface area (Å²) in [5.41, 5.74) is 0. The van der Waals surface area contributed by atoms with Crippen LogP contribution in [0.3, 0.4) is 0 Å². The highest BCUT2D eigenvalue weighted by molar-refractivity contribution is 5.78. The van der Waals surface area contributed by atoms with Crippen LogP contribution in [-0.4, -0.2) is 25.2 Å². The largest absolute Gasteiger partial charge is 0.381 e. The third-order valence-electron chi connectivity index (χ3n) is 2.57. The lowest BCUT2D eigenvalue weighted by Gasteiger charge is -2.20. The third kappa shape index (κ3) is 2.99. The molecule has 0 spiro atoms. The zero-order valence-electron chi connectivity index (χ0n) is 8.67. The molecule has 1 saturated heterocycles. The Morgan fingerprint density at radius 2 is 2.15 bits per heavy atom. The maximum absolute atomic E-state index is 11.4. The Morgan fingerprint density at radius 3 is 2.62 bits per heavy atom. The van der Waals surface area contributed by atoms with Gasteiger partial charge in [-0.15, -0.1) is 0 Å². The van der Waals surface area contributed by atoms with E-state index in [1.807, 2.05) is 13.8 Å². The van der Waals surface area contributed by atoms with Crippen molar-refractivity contribution < 1.29 is 9.53 Å². The number of hydrogen-bond donors (Lipinski definition) is 1. The highest BCUT2D eigenvalue weighted by Gasteiger charge is 2.23. The van der Waals surface area contributed by atoms with Crippen molar-refractivity contribution in [2.45, 2.75) is 33.2 Å². The number of amides is 1. The van der Waals surface area contributed by atoms with Crippen LogP contribution in [0, 0.1) is 11.8 Å². The minimum absolute atomic E-state index is 0.0739. The Labute approximate surface area is 79.8 Å². The molecule has 3 heteroatoms. The Kier molecular flexibility index (Phi) is 3.72. The Balaban J connectivity index is 2.31. The second-order valence-electron chi connectivity index (χ2n) is 4.08. The molecule has 2 atom stereocenters. The van der Waals surface area contributed by atoms with Crippen LogP contribution in [-0.2, 0) is 9.53 Å². The quantitative estimate of drug-likeness (QED) is 0.717. The summed E-state index contributed by atoms with van der Waals surface area (Å²) in [6.07, 6.45) is 1.07. The third-order valence-corrected chi connectivity index (χ3v) is 2.57. The SMILES string of the molecule is CC(C)C(=O)N[C@H](C)[C@H]1CCOC1. The molecule has 0 aromatic rings. The fourth-order valence-corrected chi connectivity index (χ4v) is 1.46. The van der Waals surface area contributed by atoms with Crippen LogP contribution in [0.25, 0.3) is 0 Å². The van der Waals surface area contributed by atoms with E-state index >= 15 is 0 Å². The zero-order chi connectivity index (χ0) is 9.84. The van der Waals surface area contributed by atoms with Crippen molar-refractivity contribution in [2.24, 2.45) is 11.8 Å². The molecule has 1 aliphatic rings. The molecule has 1 fully saturated rings. The van der Waals surface area contributed by atoms with Gasteiger partial charge < -0.3 is 10.1 Å². The smallest absolute Gasteiger partial charge is 0.222 e. The summed E-state index contributed by atoms with van der Waals surface area (Å²) >= 11 is 0. The molecule has 1 heterocycles. The molecule has 0 saturated carbocycles. The molecule has 1 rings (SSSR count). The summed E-state index contributed by atoms with van der Waals surface area (Å²) in [5.74, 6) is 0.715. The predicted molar refractivity (Wildman–Crippen MR) is 51.4 cm³/mol. The van der Waals surface area contributed by atoms with Gasteiger partial charge in [0.1, 0.15) is 0 Å². The molecule has 0 aliphatic carbocycles. The van der Waals surface area contributed by atoms with Crippen LogP contribution in [0.1, 0.15) is 27.2 Å². The second-order valence-corrected chi connectivity index (χ2v) is 4.08. The van der Waals surface area contributed by atoms with Crippen LogP contribution in [0.2, 0.25) is 0 Å². The number of rotatable bonds is 3. The van der Waals surface area contributed by atoms with Crippen molar-refractivity contribution in [2.75, 3.05) is 13.2 Å². The first-order valence-electron chi connectivity index (χ1n) is 4.99. The summed E-state index contributed by atoms with van der Waals surface area (Å²) in [7, 11) is 0. The summed E-state index contributed by atoms with van der Waals surface area (Å²) in [6, 6.07) is 0.248. The Morgan fingerprint density at radius 1 is 1.46 bits per heavy atom. The van der Waals surface area contributed by atoms with Crippen molar-refractivity contribution in [3.8, 4) is 0 Å². The molecule has 1 amide bonds. The summed E-state index contributed by atoms with van der Waals surface area (Å²) in [6.45, 7) is 7.51. The van der Waals surface area contributed by atoms with E-state index in [1.165, 1.54) is 0 Å². The Hall–Kier alpha value is -0.570. The van der Waals surface area contributed by atoms with Crippen LogP contribution < -0.4 is 5.32 Å². The van der Waals surface area contributed by atoms with Gasteiger partial charge in [0.15, 0.2) is 0 Å². The van der Waals surface area contributed by atoms with Gasteiger partial charge in [-0.25, -0.2) is 0 Å². The lowest BCUT2D eigenvalue weighted by atomic mass is 10.00. The van der Waals surface area contributed by atoms with Crippen molar-refractivity contribution in [1.82, 2.24) is 5.32 Å². The minimum Gasteiger partial charge on any atom is -0.381 e. The fourth-order valence-electron chi connectivity index (χ4n) is 1.46. The van der Waals surface area contributed by atoms with Crippen LogP contribution in [0.4, 0.5) is 0 Å². The molecule has 0 aromatic heterocycles. The monoisotopic (exact) mass is 185 g/mol. The van der Waals surface area contributed by atoms with E-state index in [4.69, 9.17) is 4.74 Å². The van der Waals surface area contributed by atoms with Gasteiger partial charge in [0.25, 0.3) is 0 Å². The molecule has 3 nitrogen and oxygen atoms in total. The van der Waals surface area contributed by atoms with E-state index < -0.39 is 0 Å². The van der Waals surface area contributed by atoms with E-state index in [2.05, 4.69) is 12.2 Å². The van der Waals surface area contributed by atoms with Gasteiger partial charge in [0.2, 0.25) is 5.91 Å². The van der Waals surface area contributed by atoms with Gasteiger partial charge in [0, 0.05) is 24.5 Å². The topological polar surface area (TPSA) is 38.3 Å². The molecule has 0 bridgehead atoms. The normalized spacial score (nSPS) is 24.8. The predicted octanol–water partition coefficient (Wildman–Crippen LogP) is 1.18. The fraction of sp³-hybridized carbons (Fsp3) is 0.900. The van der Waals surface area contributed by atoms with Crippen LogP contribution >= 0.6 is 0 Å². The lowest BCUT2D eigenvalue weighted by Crippen LogP contribution is -2.40. The first-order chi connectivity index (χ1) is 6.11. The summed E-state index contributed by atoms with van der Waals surface area (Å²) in [5, 5.41) is 3.00. The average Bonchev–Trinajstić information content (AvgIpc) is 2.55. The van der Waals surface area contributed by atoms with Crippen molar-refractivity contribution >= 4 is 5.91 Å². The standard InChI is InChI=1S/C10H19NO2/c1-7(2)10(12)11-8(3)9-4-5-13-6-9/h7-9H,4-6H2,1-3H3,(H,11,12)/t8-,9+/m1/s1. The van der Waals surface area contributed by atoms with Crippen molar-refractivity contribution in [3.05, 3.63) is 0 Å². The molecular weight excluding hydrogens is 166 g/mol. The van der Waals surface area contributed by atoms with Crippen molar-refractivity contribution in [1.29, 1.82) is 0 Å². The number of nitrogens with one attached hydrogen (secondary N) is 1. The molecule has 0 radical (unpaired) electrons.